The number of hydrogen-bond acceptors (Lipinski definition) is 4. The van der Waals surface area contributed by atoms with E-state index in [1.54, 1.807) is 23.6 Å². The molecule has 0 bridgehead atoms. The third-order valence-electron chi connectivity index (χ3n) is 2.90. The van der Waals surface area contributed by atoms with Gasteiger partial charge in [0.1, 0.15) is 5.58 Å². The number of para-hydroxylation sites is 1. The molecule has 0 aliphatic rings. The van der Waals surface area contributed by atoms with Crippen molar-refractivity contribution in [1.29, 1.82) is 0 Å². The lowest BCUT2D eigenvalue weighted by Crippen LogP contribution is -2.16. The third kappa shape index (κ3) is 2.48. The van der Waals surface area contributed by atoms with Crippen LogP contribution in [0.15, 0.2) is 51.3 Å². The van der Waals surface area contributed by atoms with Gasteiger partial charge in [0.15, 0.2) is 5.76 Å². The van der Waals surface area contributed by atoms with Crippen LogP contribution >= 0.6 is 11.3 Å². The molecule has 1 aromatic carbocycles. The van der Waals surface area contributed by atoms with Crippen molar-refractivity contribution in [2.75, 3.05) is 0 Å². The van der Waals surface area contributed by atoms with Crippen molar-refractivity contribution in [2.24, 2.45) is 5.10 Å². The molecule has 100 valence electrons. The maximum Gasteiger partial charge on any atom is 0.307 e. The van der Waals surface area contributed by atoms with Crippen molar-refractivity contribution in [2.45, 2.75) is 6.92 Å². The quantitative estimate of drug-likeness (QED) is 0.590. The van der Waals surface area contributed by atoms with Gasteiger partial charge in [-0.2, -0.15) is 5.10 Å². The second-order valence-electron chi connectivity index (χ2n) is 4.32. The SMILES string of the molecule is Cc1ccsc1/C=N/NC(=O)c1cc2ccccc2o1. The summed E-state index contributed by atoms with van der Waals surface area (Å²) in [5, 5.41) is 6.83. The first-order chi connectivity index (χ1) is 9.74. The lowest BCUT2D eigenvalue weighted by atomic mass is 10.2. The summed E-state index contributed by atoms with van der Waals surface area (Å²) in [6.45, 7) is 2.00. The topological polar surface area (TPSA) is 54.6 Å². The van der Waals surface area contributed by atoms with E-state index in [0.717, 1.165) is 15.8 Å². The molecule has 0 fully saturated rings. The molecule has 0 atom stereocenters. The Balaban J connectivity index is 1.73. The minimum absolute atomic E-state index is 0.256. The zero-order chi connectivity index (χ0) is 13.9. The standard InChI is InChI=1S/C15H12N2O2S/c1-10-6-7-20-14(10)9-16-17-15(18)13-8-11-4-2-3-5-12(11)19-13/h2-9H,1H3,(H,17,18)/b16-9+. The van der Waals surface area contributed by atoms with E-state index in [1.807, 2.05) is 42.6 Å². The van der Waals surface area contributed by atoms with Crippen LogP contribution in [-0.2, 0) is 0 Å². The number of carbonyl (C=O) groups is 1. The number of thiophene rings is 1. The van der Waals surface area contributed by atoms with Gasteiger partial charge in [-0.15, -0.1) is 11.3 Å². The van der Waals surface area contributed by atoms with E-state index in [1.165, 1.54) is 0 Å². The van der Waals surface area contributed by atoms with E-state index in [2.05, 4.69) is 10.5 Å². The van der Waals surface area contributed by atoms with Crippen molar-refractivity contribution in [3.05, 3.63) is 58.0 Å². The van der Waals surface area contributed by atoms with E-state index >= 15 is 0 Å². The van der Waals surface area contributed by atoms with Gasteiger partial charge in [-0.05, 0) is 36.1 Å². The Kier molecular flexibility index (Phi) is 3.35. The number of fused-ring (bicyclic) bond motifs is 1. The van der Waals surface area contributed by atoms with Crippen molar-refractivity contribution in [3.8, 4) is 0 Å². The Labute approximate surface area is 119 Å². The molecule has 0 saturated carbocycles. The van der Waals surface area contributed by atoms with Gasteiger partial charge in [-0.3, -0.25) is 4.79 Å². The molecule has 3 aromatic rings. The summed E-state index contributed by atoms with van der Waals surface area (Å²) in [6.07, 6.45) is 1.64. The maximum atomic E-state index is 11.9. The molecule has 2 heterocycles. The second-order valence-corrected chi connectivity index (χ2v) is 5.26. The largest absolute Gasteiger partial charge is 0.451 e. The van der Waals surface area contributed by atoms with Gasteiger partial charge in [-0.1, -0.05) is 18.2 Å². The first-order valence-electron chi connectivity index (χ1n) is 6.10. The highest BCUT2D eigenvalue weighted by molar-refractivity contribution is 7.11. The Morgan fingerprint density at radius 2 is 2.20 bits per heavy atom. The monoisotopic (exact) mass is 284 g/mol. The van der Waals surface area contributed by atoms with E-state index in [-0.39, 0.29) is 11.7 Å². The lowest BCUT2D eigenvalue weighted by Gasteiger charge is -1.94. The van der Waals surface area contributed by atoms with Crippen LogP contribution in [0, 0.1) is 6.92 Å². The van der Waals surface area contributed by atoms with E-state index in [4.69, 9.17) is 4.42 Å². The number of hydrogen-bond donors (Lipinski definition) is 1. The van der Waals surface area contributed by atoms with Crippen LogP contribution in [0.5, 0.6) is 0 Å². The number of benzene rings is 1. The van der Waals surface area contributed by atoms with Gasteiger partial charge in [0.25, 0.3) is 0 Å². The Morgan fingerprint density at radius 3 is 2.95 bits per heavy atom. The molecule has 4 nitrogen and oxygen atoms in total. The number of aryl methyl sites for hydroxylation is 1. The normalized spacial score (nSPS) is 11.2. The molecule has 0 spiro atoms. The van der Waals surface area contributed by atoms with Crippen molar-refractivity contribution in [1.82, 2.24) is 5.43 Å². The smallest absolute Gasteiger partial charge is 0.307 e. The predicted octanol–water partition coefficient (Wildman–Crippen LogP) is 3.57. The van der Waals surface area contributed by atoms with Gasteiger partial charge >= 0.3 is 5.91 Å². The van der Waals surface area contributed by atoms with Crippen molar-refractivity contribution in [3.63, 3.8) is 0 Å². The lowest BCUT2D eigenvalue weighted by molar-refractivity contribution is 0.0929. The molecular formula is C15H12N2O2S. The first kappa shape index (κ1) is 12.6. The van der Waals surface area contributed by atoms with Crippen molar-refractivity contribution >= 4 is 34.4 Å². The van der Waals surface area contributed by atoms with Crippen LogP contribution in [0.3, 0.4) is 0 Å². The summed E-state index contributed by atoms with van der Waals surface area (Å²) in [5.41, 5.74) is 4.30. The highest BCUT2D eigenvalue weighted by Crippen LogP contribution is 2.18. The second kappa shape index (κ2) is 5.30. The molecule has 0 saturated heterocycles. The Morgan fingerprint density at radius 1 is 1.35 bits per heavy atom. The molecule has 3 rings (SSSR count). The Hall–Kier alpha value is -2.40. The minimum Gasteiger partial charge on any atom is -0.451 e. The van der Waals surface area contributed by atoms with Gasteiger partial charge in [0.2, 0.25) is 0 Å². The summed E-state index contributed by atoms with van der Waals surface area (Å²) in [5.74, 6) is -0.0992. The van der Waals surface area contributed by atoms with Crippen molar-refractivity contribution < 1.29 is 9.21 Å². The zero-order valence-corrected chi connectivity index (χ0v) is 11.6. The van der Waals surface area contributed by atoms with E-state index < -0.39 is 0 Å². The molecule has 0 aliphatic carbocycles. The number of furan rings is 1. The fourth-order valence-electron chi connectivity index (χ4n) is 1.82. The fraction of sp³-hybridized carbons (Fsp3) is 0.0667. The van der Waals surface area contributed by atoms with Crippen LogP contribution in [0.1, 0.15) is 21.0 Å². The summed E-state index contributed by atoms with van der Waals surface area (Å²) in [4.78, 5) is 12.9. The van der Waals surface area contributed by atoms with Gasteiger partial charge < -0.3 is 4.42 Å². The third-order valence-corrected chi connectivity index (χ3v) is 3.85. The Bertz CT molecular complexity index is 753. The molecule has 2 aromatic heterocycles. The summed E-state index contributed by atoms with van der Waals surface area (Å²) in [6, 6.07) is 11.2. The van der Waals surface area contributed by atoms with Crippen LogP contribution in [0.25, 0.3) is 11.0 Å². The highest BCUT2D eigenvalue weighted by atomic mass is 32.1. The summed E-state index contributed by atoms with van der Waals surface area (Å²) < 4.78 is 5.46. The number of hydrazone groups is 1. The van der Waals surface area contributed by atoms with Gasteiger partial charge in [-0.25, -0.2) is 5.43 Å². The highest BCUT2D eigenvalue weighted by Gasteiger charge is 2.10. The average molecular weight is 284 g/mol. The first-order valence-corrected chi connectivity index (χ1v) is 6.98. The zero-order valence-electron chi connectivity index (χ0n) is 10.8. The summed E-state index contributed by atoms with van der Waals surface area (Å²) in [7, 11) is 0. The molecule has 20 heavy (non-hydrogen) atoms. The average Bonchev–Trinajstić information content (AvgIpc) is 3.05. The van der Waals surface area contributed by atoms with Crippen LogP contribution in [-0.4, -0.2) is 12.1 Å². The minimum atomic E-state index is -0.355. The summed E-state index contributed by atoms with van der Waals surface area (Å²) >= 11 is 1.58. The fourth-order valence-corrected chi connectivity index (χ4v) is 2.60. The van der Waals surface area contributed by atoms with Crippen LogP contribution in [0.4, 0.5) is 0 Å². The number of nitrogens with one attached hydrogen (secondary N) is 1. The molecule has 1 amide bonds. The number of carbonyl (C=O) groups excluding carboxylic acids is 1. The predicted molar refractivity (Wildman–Crippen MR) is 80.3 cm³/mol. The molecule has 0 unspecified atom stereocenters. The number of nitrogens with zero attached hydrogens (tertiary/aromatic N) is 1. The van der Waals surface area contributed by atoms with Crippen LogP contribution in [0.2, 0.25) is 0 Å². The number of amides is 1. The molecule has 1 N–H and O–H groups in total. The maximum absolute atomic E-state index is 11.9. The van der Waals surface area contributed by atoms with Gasteiger partial charge in [0.05, 0.1) is 6.21 Å². The van der Waals surface area contributed by atoms with Gasteiger partial charge in [0, 0.05) is 10.3 Å². The van der Waals surface area contributed by atoms with Crippen LogP contribution < -0.4 is 5.43 Å². The molecule has 0 radical (unpaired) electrons. The number of rotatable bonds is 3. The molecular weight excluding hydrogens is 272 g/mol. The van der Waals surface area contributed by atoms with E-state index in [0.29, 0.717) is 5.58 Å². The molecule has 5 heteroatoms. The van der Waals surface area contributed by atoms with E-state index in [9.17, 15) is 4.79 Å². The molecule has 0 aliphatic heterocycles.